The highest BCUT2D eigenvalue weighted by atomic mass is 35.5. The summed E-state index contributed by atoms with van der Waals surface area (Å²) in [5, 5.41) is 0.372. The molecular weight excluding hydrogens is 238 g/mol. The summed E-state index contributed by atoms with van der Waals surface area (Å²) in [7, 11) is 0. The molecule has 0 bridgehead atoms. The zero-order chi connectivity index (χ0) is 12.4. The number of aromatic nitrogens is 2. The molecular formula is C12H18ClN3O. The molecule has 2 heterocycles. The van der Waals surface area contributed by atoms with Gasteiger partial charge >= 0.3 is 0 Å². The Kier molecular flexibility index (Phi) is 3.72. The molecule has 1 aromatic rings. The smallest absolute Gasteiger partial charge is 0.242 e. The predicted molar refractivity (Wildman–Crippen MR) is 66.8 cm³/mol. The van der Waals surface area contributed by atoms with Gasteiger partial charge in [-0.1, -0.05) is 13.8 Å². The van der Waals surface area contributed by atoms with Crippen LogP contribution in [0, 0.1) is 11.8 Å². The van der Waals surface area contributed by atoms with Gasteiger partial charge in [0.25, 0.3) is 0 Å². The van der Waals surface area contributed by atoms with Crippen LogP contribution in [0.25, 0.3) is 0 Å². The highest BCUT2D eigenvalue weighted by molar-refractivity contribution is 6.28. The third kappa shape index (κ3) is 3.00. The summed E-state index contributed by atoms with van der Waals surface area (Å²) >= 11 is 5.86. The maximum absolute atomic E-state index is 12.1. The summed E-state index contributed by atoms with van der Waals surface area (Å²) in [4.78, 5) is 18.0. The van der Waals surface area contributed by atoms with E-state index < -0.39 is 0 Å². The number of halogens is 1. The number of hydrogen-bond acceptors (Lipinski definition) is 2. The van der Waals surface area contributed by atoms with E-state index in [4.69, 9.17) is 11.6 Å². The zero-order valence-electron chi connectivity index (χ0n) is 10.3. The molecule has 0 spiro atoms. The maximum atomic E-state index is 12.1. The van der Waals surface area contributed by atoms with Crippen molar-refractivity contribution in [1.29, 1.82) is 0 Å². The largest absolute Gasteiger partial charge is 0.341 e. The van der Waals surface area contributed by atoms with Crippen molar-refractivity contribution in [2.75, 3.05) is 13.1 Å². The van der Waals surface area contributed by atoms with Crippen LogP contribution in [0.3, 0.4) is 0 Å². The molecule has 1 saturated heterocycles. The Morgan fingerprint density at radius 3 is 2.65 bits per heavy atom. The van der Waals surface area contributed by atoms with Gasteiger partial charge in [0, 0.05) is 25.5 Å². The van der Waals surface area contributed by atoms with E-state index in [2.05, 4.69) is 18.8 Å². The summed E-state index contributed by atoms with van der Waals surface area (Å²) in [5.74, 6) is 1.30. The monoisotopic (exact) mass is 255 g/mol. The van der Waals surface area contributed by atoms with Crippen molar-refractivity contribution in [3.63, 3.8) is 0 Å². The third-order valence-electron chi connectivity index (χ3n) is 3.19. The first-order valence-corrected chi connectivity index (χ1v) is 6.38. The van der Waals surface area contributed by atoms with E-state index >= 15 is 0 Å². The fourth-order valence-electron chi connectivity index (χ4n) is 2.54. The van der Waals surface area contributed by atoms with Gasteiger partial charge in [0.15, 0.2) is 0 Å². The molecule has 1 aliphatic heterocycles. The first-order valence-electron chi connectivity index (χ1n) is 6.00. The summed E-state index contributed by atoms with van der Waals surface area (Å²) < 4.78 is 1.67. The van der Waals surface area contributed by atoms with Gasteiger partial charge in [0.1, 0.15) is 6.54 Å². The van der Waals surface area contributed by atoms with Crippen molar-refractivity contribution >= 4 is 17.5 Å². The number of imidazole rings is 1. The van der Waals surface area contributed by atoms with Crippen LogP contribution in [0.5, 0.6) is 0 Å². The van der Waals surface area contributed by atoms with Crippen LogP contribution in [0.4, 0.5) is 0 Å². The van der Waals surface area contributed by atoms with E-state index in [1.165, 1.54) is 6.42 Å². The second-order valence-corrected chi connectivity index (χ2v) is 5.41. The Morgan fingerprint density at radius 2 is 2.12 bits per heavy atom. The zero-order valence-corrected chi connectivity index (χ0v) is 11.0. The lowest BCUT2D eigenvalue weighted by molar-refractivity contribution is -0.134. The number of amides is 1. The van der Waals surface area contributed by atoms with Crippen LogP contribution < -0.4 is 0 Å². The Morgan fingerprint density at radius 1 is 1.47 bits per heavy atom. The second kappa shape index (κ2) is 5.08. The van der Waals surface area contributed by atoms with Gasteiger partial charge in [-0.25, -0.2) is 4.98 Å². The van der Waals surface area contributed by atoms with E-state index in [1.807, 2.05) is 4.90 Å². The van der Waals surface area contributed by atoms with Gasteiger partial charge in [0.2, 0.25) is 11.2 Å². The molecule has 94 valence electrons. The minimum Gasteiger partial charge on any atom is -0.341 e. The van der Waals surface area contributed by atoms with Gasteiger partial charge in [-0.2, -0.15) is 0 Å². The van der Waals surface area contributed by atoms with E-state index in [0.717, 1.165) is 13.1 Å². The average Bonchev–Trinajstić information content (AvgIpc) is 2.63. The van der Waals surface area contributed by atoms with Gasteiger partial charge in [-0.05, 0) is 29.9 Å². The van der Waals surface area contributed by atoms with Crippen LogP contribution in [0.15, 0.2) is 12.4 Å². The minimum absolute atomic E-state index is 0.128. The van der Waals surface area contributed by atoms with Crippen LogP contribution in [0.2, 0.25) is 5.28 Å². The molecule has 2 unspecified atom stereocenters. The number of piperidine rings is 1. The summed E-state index contributed by atoms with van der Waals surface area (Å²) in [5.41, 5.74) is 0. The fourth-order valence-corrected chi connectivity index (χ4v) is 2.71. The van der Waals surface area contributed by atoms with Crippen LogP contribution in [-0.2, 0) is 11.3 Å². The fraction of sp³-hybridized carbons (Fsp3) is 0.667. The molecule has 1 amide bonds. The Balaban J connectivity index is 1.98. The van der Waals surface area contributed by atoms with Gasteiger partial charge < -0.3 is 9.47 Å². The molecule has 17 heavy (non-hydrogen) atoms. The minimum atomic E-state index is 0.128. The number of hydrogen-bond donors (Lipinski definition) is 0. The third-order valence-corrected chi connectivity index (χ3v) is 3.51. The normalized spacial score (nSPS) is 25.0. The van der Waals surface area contributed by atoms with Crippen molar-refractivity contribution in [1.82, 2.24) is 14.5 Å². The van der Waals surface area contributed by atoms with Gasteiger partial charge in [-0.3, -0.25) is 4.79 Å². The van der Waals surface area contributed by atoms with E-state index in [0.29, 0.717) is 17.1 Å². The number of likely N-dealkylation sites (tertiary alicyclic amines) is 1. The molecule has 0 radical (unpaired) electrons. The summed E-state index contributed by atoms with van der Waals surface area (Å²) in [6.07, 6.45) is 4.55. The topological polar surface area (TPSA) is 38.1 Å². The molecule has 1 aliphatic rings. The molecule has 1 fully saturated rings. The van der Waals surface area contributed by atoms with Crippen molar-refractivity contribution < 1.29 is 4.79 Å². The Bertz CT molecular complexity index is 394. The average molecular weight is 256 g/mol. The first-order chi connectivity index (χ1) is 8.06. The molecule has 4 nitrogen and oxygen atoms in total. The lowest BCUT2D eigenvalue weighted by Crippen LogP contribution is -2.43. The molecule has 0 aromatic carbocycles. The molecule has 5 heteroatoms. The summed E-state index contributed by atoms with van der Waals surface area (Å²) in [6.45, 7) is 6.39. The molecule has 1 aromatic heterocycles. The van der Waals surface area contributed by atoms with E-state index in [9.17, 15) is 4.79 Å². The molecule has 2 rings (SSSR count). The number of nitrogens with zero attached hydrogens (tertiary/aromatic N) is 3. The van der Waals surface area contributed by atoms with E-state index in [-0.39, 0.29) is 12.5 Å². The predicted octanol–water partition coefficient (Wildman–Crippen LogP) is 2.04. The second-order valence-electron chi connectivity index (χ2n) is 5.07. The molecule has 0 N–H and O–H groups in total. The SMILES string of the molecule is CC1CC(C)CN(C(=O)Cn2ccnc2Cl)C1. The van der Waals surface area contributed by atoms with Gasteiger partial charge in [0.05, 0.1) is 0 Å². The van der Waals surface area contributed by atoms with Crippen molar-refractivity contribution in [2.45, 2.75) is 26.8 Å². The number of carbonyl (C=O) groups is 1. The summed E-state index contributed by atoms with van der Waals surface area (Å²) in [6, 6.07) is 0. The maximum Gasteiger partial charge on any atom is 0.242 e. The van der Waals surface area contributed by atoms with Crippen molar-refractivity contribution in [3.05, 3.63) is 17.7 Å². The Hall–Kier alpha value is -1.03. The van der Waals surface area contributed by atoms with E-state index in [1.54, 1.807) is 17.0 Å². The number of carbonyl (C=O) groups excluding carboxylic acids is 1. The molecule has 2 atom stereocenters. The quantitative estimate of drug-likeness (QED) is 0.811. The number of rotatable bonds is 2. The van der Waals surface area contributed by atoms with Crippen LogP contribution >= 0.6 is 11.6 Å². The molecule has 0 saturated carbocycles. The van der Waals surface area contributed by atoms with Crippen molar-refractivity contribution in [3.8, 4) is 0 Å². The first kappa shape index (κ1) is 12.4. The lowest BCUT2D eigenvalue weighted by atomic mass is 9.92. The standard InChI is InChI=1S/C12H18ClN3O/c1-9-5-10(2)7-16(6-9)11(17)8-15-4-3-14-12(15)13/h3-4,9-10H,5-8H2,1-2H3. The highest BCUT2D eigenvalue weighted by Gasteiger charge is 2.25. The van der Waals surface area contributed by atoms with Crippen LogP contribution in [-0.4, -0.2) is 33.4 Å². The lowest BCUT2D eigenvalue weighted by Gasteiger charge is -2.35. The Labute approximate surface area is 107 Å². The van der Waals surface area contributed by atoms with Crippen LogP contribution in [0.1, 0.15) is 20.3 Å². The molecule has 0 aliphatic carbocycles. The highest BCUT2D eigenvalue weighted by Crippen LogP contribution is 2.21. The van der Waals surface area contributed by atoms with Crippen molar-refractivity contribution in [2.24, 2.45) is 11.8 Å². The van der Waals surface area contributed by atoms with Gasteiger partial charge in [-0.15, -0.1) is 0 Å².